The molecule has 8 unspecified atom stereocenters. The van der Waals surface area contributed by atoms with Gasteiger partial charge in [-0.2, -0.15) is 0 Å². The molecule has 0 spiro atoms. The molecule has 0 saturated carbocycles. The van der Waals surface area contributed by atoms with E-state index in [0.29, 0.717) is 12.8 Å². The molecule has 1 saturated heterocycles. The molecule has 1 aliphatic rings. The molecule has 1 aliphatic heterocycles. The Morgan fingerprint density at radius 2 is 1.01 bits per heavy atom. The molecular weight excluding hydrogens is 895 g/mol. The van der Waals surface area contributed by atoms with Crippen LogP contribution >= 0.6 is 0 Å². The minimum atomic E-state index is -1.63. The molecule has 0 aromatic rings. The lowest BCUT2D eigenvalue weighted by Crippen LogP contribution is -2.61. The molecule has 1 amide bonds. The molecule has 1 rings (SSSR count). The number of rotatable bonds is 46. The Bertz CT molecular complexity index is 1470. The lowest BCUT2D eigenvalue weighted by Gasteiger charge is -2.41. The third-order valence-electron chi connectivity index (χ3n) is 12.8. The summed E-state index contributed by atoms with van der Waals surface area (Å²) in [6.07, 6.45) is 50.5. The number of aliphatic hydroxyl groups is 5. The van der Waals surface area contributed by atoms with Crippen LogP contribution < -0.4 is 5.32 Å². The van der Waals surface area contributed by atoms with Gasteiger partial charge in [-0.3, -0.25) is 9.59 Å². The van der Waals surface area contributed by atoms with Gasteiger partial charge in [0.05, 0.1) is 25.4 Å². The number of ether oxygens (including phenoxy) is 3. The van der Waals surface area contributed by atoms with Crippen LogP contribution in [0.2, 0.25) is 0 Å². The van der Waals surface area contributed by atoms with Gasteiger partial charge in [0, 0.05) is 6.42 Å². The monoisotopic (exact) mass is 998 g/mol. The molecule has 0 aromatic carbocycles. The number of nitrogens with one attached hydrogen (secondary N) is 1. The second-order valence-corrected chi connectivity index (χ2v) is 19.3. The first kappa shape index (κ1) is 65.9. The lowest BCUT2D eigenvalue weighted by atomic mass is 9.99. The van der Waals surface area contributed by atoms with Crippen LogP contribution in [0.3, 0.4) is 0 Å². The largest absolute Gasteiger partial charge is 0.454 e. The van der Waals surface area contributed by atoms with Crippen molar-refractivity contribution in [3.05, 3.63) is 85.1 Å². The first-order valence-corrected chi connectivity index (χ1v) is 28.4. The first-order valence-electron chi connectivity index (χ1n) is 28.4. The van der Waals surface area contributed by atoms with E-state index in [1.807, 2.05) is 6.08 Å². The second kappa shape index (κ2) is 47.8. The molecule has 0 aliphatic carbocycles. The van der Waals surface area contributed by atoms with E-state index in [2.05, 4.69) is 99.0 Å². The molecule has 1 heterocycles. The maximum absolute atomic E-state index is 13.3. The number of carbonyl (C=O) groups excluding carboxylic acids is 2. The third kappa shape index (κ3) is 36.4. The van der Waals surface area contributed by atoms with Gasteiger partial charge < -0.3 is 45.1 Å². The minimum absolute atomic E-state index is 0.0913. The zero-order valence-electron chi connectivity index (χ0n) is 44.8. The number of carbonyl (C=O) groups is 2. The van der Waals surface area contributed by atoms with Crippen molar-refractivity contribution in [3.63, 3.8) is 0 Å². The fourth-order valence-corrected chi connectivity index (χ4v) is 8.26. The Morgan fingerprint density at radius 3 is 1.55 bits per heavy atom. The highest BCUT2D eigenvalue weighted by molar-refractivity contribution is 5.80. The van der Waals surface area contributed by atoms with Crippen LogP contribution in [0.15, 0.2) is 85.1 Å². The summed E-state index contributed by atoms with van der Waals surface area (Å²) < 4.78 is 17.5. The predicted molar refractivity (Wildman–Crippen MR) is 292 cm³/mol. The van der Waals surface area contributed by atoms with E-state index in [1.165, 1.54) is 64.2 Å². The number of hydrogen-bond donors (Lipinski definition) is 6. The molecule has 71 heavy (non-hydrogen) atoms. The molecule has 0 radical (unpaired) electrons. The van der Waals surface area contributed by atoms with Crippen LogP contribution in [0.4, 0.5) is 0 Å². The smallest absolute Gasteiger partial charge is 0.306 e. The van der Waals surface area contributed by atoms with Crippen LogP contribution in [0, 0.1) is 0 Å². The SMILES string of the molecule is CC/C=C/C/C=C/C/C=C/CCCCCC(O)C(=O)NC(COC1OC(CO)C(O)C(O)C1OC(=O)CCCCCC/C=C\C/C=C\C/C=C\CCCCC)C(O)/C=C/CCCCCCCCCCCC. The summed E-state index contributed by atoms with van der Waals surface area (Å²) in [7, 11) is 0. The Kier molecular flexibility index (Phi) is 44.4. The highest BCUT2D eigenvalue weighted by Crippen LogP contribution is 2.26. The Labute approximate surface area is 432 Å². The van der Waals surface area contributed by atoms with E-state index >= 15 is 0 Å². The Morgan fingerprint density at radius 1 is 0.563 bits per heavy atom. The summed E-state index contributed by atoms with van der Waals surface area (Å²) in [5.41, 5.74) is 0. The second-order valence-electron chi connectivity index (χ2n) is 19.3. The molecule has 11 heteroatoms. The van der Waals surface area contributed by atoms with Gasteiger partial charge in [-0.1, -0.05) is 202 Å². The van der Waals surface area contributed by atoms with Crippen molar-refractivity contribution in [2.45, 2.75) is 269 Å². The molecule has 408 valence electrons. The lowest BCUT2D eigenvalue weighted by molar-refractivity contribution is -0.305. The first-order chi connectivity index (χ1) is 34.7. The number of amides is 1. The van der Waals surface area contributed by atoms with Gasteiger partial charge in [0.1, 0.15) is 24.4 Å². The Hall–Kier alpha value is -3.16. The van der Waals surface area contributed by atoms with E-state index in [-0.39, 0.29) is 19.4 Å². The molecule has 11 nitrogen and oxygen atoms in total. The van der Waals surface area contributed by atoms with Gasteiger partial charge in [0.25, 0.3) is 0 Å². The van der Waals surface area contributed by atoms with E-state index < -0.39 is 67.4 Å². The average molecular weight is 998 g/mol. The molecular formula is C60H103NO10. The van der Waals surface area contributed by atoms with E-state index in [9.17, 15) is 35.1 Å². The third-order valence-corrected chi connectivity index (χ3v) is 12.8. The molecule has 1 fully saturated rings. The summed E-state index contributed by atoms with van der Waals surface area (Å²) in [4.78, 5) is 26.4. The molecule has 0 aromatic heterocycles. The highest BCUT2D eigenvalue weighted by Gasteiger charge is 2.47. The summed E-state index contributed by atoms with van der Waals surface area (Å²) in [6.45, 7) is 5.59. The summed E-state index contributed by atoms with van der Waals surface area (Å²) in [5, 5.41) is 56.7. The van der Waals surface area contributed by atoms with Crippen LogP contribution in [0.1, 0.15) is 220 Å². The summed E-state index contributed by atoms with van der Waals surface area (Å²) >= 11 is 0. The highest BCUT2D eigenvalue weighted by atomic mass is 16.7. The van der Waals surface area contributed by atoms with Crippen molar-refractivity contribution in [3.8, 4) is 0 Å². The van der Waals surface area contributed by atoms with Crippen molar-refractivity contribution in [2.24, 2.45) is 0 Å². The number of unbranched alkanes of at least 4 members (excludes halogenated alkanes) is 20. The number of esters is 1. The maximum atomic E-state index is 13.3. The molecule has 6 N–H and O–H groups in total. The van der Waals surface area contributed by atoms with Crippen molar-refractivity contribution in [1.82, 2.24) is 5.32 Å². The van der Waals surface area contributed by atoms with E-state index in [1.54, 1.807) is 6.08 Å². The van der Waals surface area contributed by atoms with Gasteiger partial charge in [0.15, 0.2) is 12.4 Å². The maximum Gasteiger partial charge on any atom is 0.306 e. The quantitative estimate of drug-likeness (QED) is 0.0196. The zero-order chi connectivity index (χ0) is 51.8. The van der Waals surface area contributed by atoms with Crippen molar-refractivity contribution in [1.29, 1.82) is 0 Å². The average Bonchev–Trinajstić information content (AvgIpc) is 3.37. The fraction of sp³-hybridized carbons (Fsp3) is 0.733. The topological polar surface area (TPSA) is 175 Å². The molecule has 8 atom stereocenters. The van der Waals surface area contributed by atoms with Gasteiger partial charge in [-0.05, 0) is 96.3 Å². The summed E-state index contributed by atoms with van der Waals surface area (Å²) in [6, 6.07) is -1.04. The fourth-order valence-electron chi connectivity index (χ4n) is 8.26. The van der Waals surface area contributed by atoms with E-state index in [4.69, 9.17) is 14.2 Å². The minimum Gasteiger partial charge on any atom is -0.454 e. The summed E-state index contributed by atoms with van der Waals surface area (Å²) in [5.74, 6) is -1.25. The van der Waals surface area contributed by atoms with Gasteiger partial charge in [0.2, 0.25) is 5.91 Å². The number of aliphatic hydroxyl groups excluding tert-OH is 5. The van der Waals surface area contributed by atoms with Gasteiger partial charge in [-0.15, -0.1) is 0 Å². The Balaban J connectivity index is 2.77. The normalized spacial score (nSPS) is 20.3. The molecule has 0 bridgehead atoms. The van der Waals surface area contributed by atoms with Gasteiger partial charge >= 0.3 is 5.97 Å². The number of allylic oxidation sites excluding steroid dienone is 13. The van der Waals surface area contributed by atoms with Crippen molar-refractivity contribution in [2.75, 3.05) is 13.2 Å². The van der Waals surface area contributed by atoms with Crippen molar-refractivity contribution >= 4 is 11.9 Å². The zero-order valence-corrected chi connectivity index (χ0v) is 44.8. The van der Waals surface area contributed by atoms with Crippen LogP contribution in [-0.4, -0.2) is 99.6 Å². The van der Waals surface area contributed by atoms with Crippen molar-refractivity contribution < 1.29 is 49.3 Å². The standard InChI is InChI=1S/C60H103NO10/c1-4-7-10-13-16-19-22-25-26-27-28-30-33-36-39-42-45-48-55(65)71-58-57(67)56(66)54(49-62)70-60(58)69-50-51(52(63)46-43-40-37-34-31-24-21-18-15-12-9-6-3)61-59(68)53(64)47-44-41-38-35-32-29-23-20-17-14-11-8-5-2/h8,11,16-17,19-20,25-26,28-30,32,43,46,51-54,56-58,60,62-64,66-67H,4-7,9-10,12-15,18,21-24,27,31,33-42,44-45,47-50H2,1-3H3,(H,61,68)/b11-8+,19-16-,20-17+,26-25-,30-28-,32-29+,46-43+. The van der Waals surface area contributed by atoms with E-state index in [0.717, 1.165) is 109 Å². The van der Waals surface area contributed by atoms with Crippen LogP contribution in [0.5, 0.6) is 0 Å². The number of hydrogen-bond acceptors (Lipinski definition) is 10. The van der Waals surface area contributed by atoms with Gasteiger partial charge in [-0.25, -0.2) is 0 Å². The predicted octanol–water partition coefficient (Wildman–Crippen LogP) is 12.6. The van der Waals surface area contributed by atoms with Crippen LogP contribution in [-0.2, 0) is 23.8 Å². The van der Waals surface area contributed by atoms with Crippen LogP contribution in [0.25, 0.3) is 0 Å².